The summed E-state index contributed by atoms with van der Waals surface area (Å²) in [6.07, 6.45) is 79.0. The molecule has 0 aromatic heterocycles. The van der Waals surface area contributed by atoms with Gasteiger partial charge in [-0.3, -0.25) is 13.8 Å². The van der Waals surface area contributed by atoms with E-state index in [0.717, 1.165) is 135 Å². The summed E-state index contributed by atoms with van der Waals surface area (Å²) in [7, 11) is 1.61. The van der Waals surface area contributed by atoms with Gasteiger partial charge in [0.25, 0.3) is 0 Å². The highest BCUT2D eigenvalue weighted by Gasteiger charge is 2.26. The van der Waals surface area contributed by atoms with Crippen LogP contribution in [0.2, 0.25) is 0 Å². The van der Waals surface area contributed by atoms with Crippen LogP contribution in [0.4, 0.5) is 0 Å². The molecule has 8 nitrogen and oxygen atoms in total. The monoisotopic (exact) mass is 1000 g/mol. The van der Waals surface area contributed by atoms with Gasteiger partial charge in [0.1, 0.15) is 19.3 Å². The van der Waals surface area contributed by atoms with Crippen molar-refractivity contribution in [2.24, 2.45) is 0 Å². The second-order valence-corrected chi connectivity index (χ2v) is 20.3. The molecule has 71 heavy (non-hydrogen) atoms. The summed E-state index contributed by atoms with van der Waals surface area (Å²) in [5.41, 5.74) is 0. The molecule has 0 radical (unpaired) electrons. The highest BCUT2D eigenvalue weighted by Crippen LogP contribution is 2.43. The van der Waals surface area contributed by atoms with E-state index in [0.29, 0.717) is 17.6 Å². The molecule has 402 valence electrons. The van der Waals surface area contributed by atoms with E-state index in [1.807, 2.05) is 21.1 Å². The average Bonchev–Trinajstić information content (AvgIpc) is 3.33. The van der Waals surface area contributed by atoms with Crippen LogP contribution in [0.5, 0.6) is 0 Å². The molecule has 0 amide bonds. The third-order valence-electron chi connectivity index (χ3n) is 10.9. The van der Waals surface area contributed by atoms with E-state index in [1.54, 1.807) is 0 Å². The van der Waals surface area contributed by atoms with Crippen molar-refractivity contribution in [1.82, 2.24) is 0 Å². The zero-order valence-electron chi connectivity index (χ0n) is 45.6. The summed E-state index contributed by atoms with van der Waals surface area (Å²) in [4.78, 5) is 23.1. The van der Waals surface area contributed by atoms with Crippen molar-refractivity contribution in [2.75, 3.05) is 54.1 Å². The van der Waals surface area contributed by atoms with Crippen molar-refractivity contribution >= 4 is 13.8 Å². The number of ether oxygens (including phenoxy) is 2. The van der Waals surface area contributed by atoms with Gasteiger partial charge in [0.2, 0.25) is 0 Å². The van der Waals surface area contributed by atoms with Gasteiger partial charge in [-0.15, -0.1) is 0 Å². The van der Waals surface area contributed by atoms with E-state index in [9.17, 15) is 14.3 Å². The number of carbonyl (C=O) groups is 1. The molecule has 0 heterocycles. The molecule has 0 bridgehead atoms. The fourth-order valence-electron chi connectivity index (χ4n) is 6.73. The lowest BCUT2D eigenvalue weighted by molar-refractivity contribution is -0.870. The predicted molar refractivity (Wildman–Crippen MR) is 306 cm³/mol. The highest BCUT2D eigenvalue weighted by molar-refractivity contribution is 7.47. The summed E-state index contributed by atoms with van der Waals surface area (Å²) in [6, 6.07) is 0. The van der Waals surface area contributed by atoms with Crippen LogP contribution in [-0.2, 0) is 27.9 Å². The third kappa shape index (κ3) is 57.2. The number of rotatable bonds is 49. The fourth-order valence-corrected chi connectivity index (χ4v) is 7.48. The molecule has 0 aliphatic heterocycles. The van der Waals surface area contributed by atoms with Crippen molar-refractivity contribution in [3.8, 4) is 0 Å². The first kappa shape index (κ1) is 67.4. The van der Waals surface area contributed by atoms with Crippen molar-refractivity contribution < 1.29 is 37.3 Å². The van der Waals surface area contributed by atoms with E-state index in [1.165, 1.54) is 25.7 Å². The van der Waals surface area contributed by atoms with Gasteiger partial charge in [0.05, 0.1) is 34.4 Å². The fraction of sp³-hybridized carbons (Fsp3) is 0.597. The normalized spacial score (nSPS) is 14.6. The molecule has 0 fully saturated rings. The minimum atomic E-state index is -4.31. The molecular weight excluding hydrogens is 902 g/mol. The minimum absolute atomic E-state index is 0.0712. The van der Waals surface area contributed by atoms with Gasteiger partial charge in [-0.05, 0) is 116 Å². The van der Waals surface area contributed by atoms with E-state index in [-0.39, 0.29) is 32.2 Å². The lowest BCUT2D eigenvalue weighted by Crippen LogP contribution is -2.37. The maximum atomic E-state index is 12.8. The summed E-state index contributed by atoms with van der Waals surface area (Å²) in [5, 5.41) is 0. The van der Waals surface area contributed by atoms with E-state index >= 15 is 0 Å². The maximum absolute atomic E-state index is 12.8. The topological polar surface area (TPSA) is 91.3 Å². The summed E-state index contributed by atoms with van der Waals surface area (Å²) in [6.45, 7) is 5.29. The second-order valence-electron chi connectivity index (χ2n) is 18.8. The van der Waals surface area contributed by atoms with Crippen molar-refractivity contribution in [1.29, 1.82) is 0 Å². The van der Waals surface area contributed by atoms with Crippen LogP contribution < -0.4 is 0 Å². The van der Waals surface area contributed by atoms with E-state index in [4.69, 9.17) is 18.5 Å². The molecule has 0 aliphatic rings. The number of likely N-dealkylation sites (N-methyl/N-ethyl adjacent to an activating group) is 1. The highest BCUT2D eigenvalue weighted by atomic mass is 31.2. The smallest absolute Gasteiger partial charge is 0.457 e. The van der Waals surface area contributed by atoms with Crippen LogP contribution in [-0.4, -0.2) is 75.6 Å². The Hall–Kier alpha value is -3.62. The Kier molecular flexibility index (Phi) is 50.0. The first-order valence-corrected chi connectivity index (χ1v) is 29.1. The van der Waals surface area contributed by atoms with Crippen LogP contribution in [0.15, 0.2) is 146 Å². The molecule has 1 N–H and O–H groups in total. The molecule has 0 aliphatic carbocycles. The van der Waals surface area contributed by atoms with Gasteiger partial charge in [-0.1, -0.05) is 205 Å². The standard InChI is InChI=1S/C62H102NO7P/c1-6-8-10-12-14-16-18-20-22-24-26-28-30-31-32-34-36-38-40-42-44-46-48-50-52-54-57-67-59-61(60-69-71(65,66)68-58-56-63(3,4)5)70-62(64)55-53-51-49-47-45-43-41-39-37-35-33-29-27-25-23-21-19-17-15-13-11-9-7-2/h8-11,14-17,20-23,26-29,31-32,35-38,41,43,61H,6-7,12-13,18-19,24-25,30,33-34,39-40,42,44-60H2,1-5H3/p+1/b10-8-,11-9-,16-14-,17-15-,22-20-,23-21-,28-26-,29-27-,32-31-,37-35-,38-36-,43-41-. The van der Waals surface area contributed by atoms with Crippen LogP contribution in [0.25, 0.3) is 0 Å². The lowest BCUT2D eigenvalue weighted by Gasteiger charge is -2.24. The molecular formula is C62H103NO7P+. The van der Waals surface area contributed by atoms with Gasteiger partial charge in [0.15, 0.2) is 0 Å². The first-order chi connectivity index (χ1) is 34.6. The molecule has 2 atom stereocenters. The zero-order valence-corrected chi connectivity index (χ0v) is 46.5. The number of unbranched alkanes of at least 4 members (excludes halogenated alkanes) is 11. The Morgan fingerprint density at radius 3 is 1.15 bits per heavy atom. The molecule has 9 heteroatoms. The summed E-state index contributed by atoms with van der Waals surface area (Å²) < 4.78 is 35.2. The predicted octanol–water partition coefficient (Wildman–Crippen LogP) is 17.6. The van der Waals surface area contributed by atoms with Crippen LogP contribution in [0, 0.1) is 0 Å². The molecule has 0 saturated heterocycles. The number of nitrogens with zero attached hydrogens (tertiary/aromatic N) is 1. The lowest BCUT2D eigenvalue weighted by atomic mass is 10.1. The summed E-state index contributed by atoms with van der Waals surface area (Å²) in [5.74, 6) is -0.348. The van der Waals surface area contributed by atoms with Gasteiger partial charge in [-0.25, -0.2) is 4.57 Å². The van der Waals surface area contributed by atoms with E-state index in [2.05, 4.69) is 160 Å². The zero-order chi connectivity index (χ0) is 51.9. The summed E-state index contributed by atoms with van der Waals surface area (Å²) >= 11 is 0. The van der Waals surface area contributed by atoms with Gasteiger partial charge in [0, 0.05) is 13.0 Å². The number of esters is 1. The molecule has 0 rings (SSSR count). The minimum Gasteiger partial charge on any atom is -0.457 e. The van der Waals surface area contributed by atoms with Crippen LogP contribution >= 0.6 is 7.82 Å². The quantitative estimate of drug-likeness (QED) is 0.0213. The van der Waals surface area contributed by atoms with Crippen LogP contribution in [0.1, 0.15) is 181 Å². The number of hydrogen-bond donors (Lipinski definition) is 1. The van der Waals surface area contributed by atoms with Gasteiger partial charge >= 0.3 is 13.8 Å². The van der Waals surface area contributed by atoms with Crippen molar-refractivity contribution in [3.63, 3.8) is 0 Å². The van der Waals surface area contributed by atoms with Crippen LogP contribution in [0.3, 0.4) is 0 Å². The number of hydrogen-bond acceptors (Lipinski definition) is 6. The molecule has 2 unspecified atom stereocenters. The Bertz CT molecular complexity index is 1640. The number of phosphoric ester groups is 1. The molecule has 0 aromatic carbocycles. The SMILES string of the molecule is CC/C=C\C/C=C\C/C=C\C/C=C\C/C=C\C/C=C\CCCCCCCCCOCC(COP(=O)(O)OCC[N+](C)(C)C)OC(=O)CCCCCC/C=C\C/C=C\C/C=C\C/C=C\C/C=C\C/C=C\CC. The van der Waals surface area contributed by atoms with Crippen molar-refractivity contribution in [3.05, 3.63) is 146 Å². The largest absolute Gasteiger partial charge is 0.472 e. The maximum Gasteiger partial charge on any atom is 0.472 e. The number of allylic oxidation sites excluding steroid dienone is 24. The number of carbonyl (C=O) groups excluding carboxylic acids is 1. The third-order valence-corrected chi connectivity index (χ3v) is 11.9. The van der Waals surface area contributed by atoms with Gasteiger partial charge < -0.3 is 18.9 Å². The average molecular weight is 1010 g/mol. The number of phosphoric acid groups is 1. The van der Waals surface area contributed by atoms with Gasteiger partial charge in [-0.2, -0.15) is 0 Å². The molecule has 0 aromatic rings. The first-order valence-electron chi connectivity index (χ1n) is 27.6. The Labute approximate surface area is 436 Å². The molecule has 0 spiro atoms. The Morgan fingerprint density at radius 1 is 0.437 bits per heavy atom. The number of quaternary nitrogens is 1. The Balaban J connectivity index is 4.25. The second kappa shape index (κ2) is 52.7. The van der Waals surface area contributed by atoms with E-state index < -0.39 is 13.9 Å². The Morgan fingerprint density at radius 2 is 0.775 bits per heavy atom. The van der Waals surface area contributed by atoms with Crippen molar-refractivity contribution in [2.45, 2.75) is 187 Å². The molecule has 0 saturated carbocycles.